The van der Waals surface area contributed by atoms with Crippen LogP contribution in [-0.2, 0) is 21.2 Å². The first kappa shape index (κ1) is 21.5. The molecule has 0 saturated heterocycles. The van der Waals surface area contributed by atoms with Crippen molar-refractivity contribution in [3.8, 4) is 5.75 Å². The maximum Gasteiger partial charge on any atom is 0.264 e. The van der Waals surface area contributed by atoms with Crippen LogP contribution in [0.15, 0.2) is 47.4 Å². The molecule has 0 aliphatic carbocycles. The summed E-state index contributed by atoms with van der Waals surface area (Å²) in [6, 6.07) is 11.8. The molecule has 3 rings (SSSR count). The van der Waals surface area contributed by atoms with E-state index < -0.39 is 10.0 Å². The van der Waals surface area contributed by atoms with Crippen molar-refractivity contribution < 1.29 is 17.9 Å². The number of hydrogen-bond acceptors (Lipinski definition) is 4. The van der Waals surface area contributed by atoms with E-state index in [1.807, 2.05) is 25.1 Å². The molecule has 0 saturated carbocycles. The smallest absolute Gasteiger partial charge is 0.264 e. The van der Waals surface area contributed by atoms with Crippen LogP contribution in [0.2, 0.25) is 5.02 Å². The van der Waals surface area contributed by atoms with E-state index in [4.69, 9.17) is 16.3 Å². The second-order valence-corrected chi connectivity index (χ2v) is 9.36. The van der Waals surface area contributed by atoms with Crippen LogP contribution in [0, 0.1) is 0 Å². The fourth-order valence-corrected chi connectivity index (χ4v) is 5.24. The second kappa shape index (κ2) is 9.05. The second-order valence-electron chi connectivity index (χ2n) is 7.09. The van der Waals surface area contributed by atoms with E-state index >= 15 is 0 Å². The molecular formula is C21H25ClN2O4S. The van der Waals surface area contributed by atoms with Crippen LogP contribution in [0.25, 0.3) is 0 Å². The van der Waals surface area contributed by atoms with Gasteiger partial charge in [-0.2, -0.15) is 0 Å². The van der Waals surface area contributed by atoms with Gasteiger partial charge in [0.25, 0.3) is 15.9 Å². The quantitative estimate of drug-likeness (QED) is 0.683. The van der Waals surface area contributed by atoms with Gasteiger partial charge in [-0.3, -0.25) is 9.10 Å². The SMILES string of the molecule is CCC[C@@H](C)NC(=O)COc1ccc(S(=O)(=O)N2CCc3ccccc32)cc1Cl. The predicted octanol–water partition coefficient (Wildman–Crippen LogP) is 3.78. The van der Waals surface area contributed by atoms with E-state index in [0.29, 0.717) is 18.7 Å². The number of fused-ring (bicyclic) bond motifs is 1. The number of para-hydroxylation sites is 1. The zero-order valence-electron chi connectivity index (χ0n) is 16.5. The molecule has 0 unspecified atom stereocenters. The molecule has 1 atom stereocenters. The summed E-state index contributed by atoms with van der Waals surface area (Å²) in [5.74, 6) is 0.0260. The third kappa shape index (κ3) is 4.85. The summed E-state index contributed by atoms with van der Waals surface area (Å²) in [5.41, 5.74) is 1.70. The summed E-state index contributed by atoms with van der Waals surface area (Å²) in [7, 11) is -3.73. The van der Waals surface area contributed by atoms with Crippen LogP contribution in [0.4, 0.5) is 5.69 Å². The number of benzene rings is 2. The number of sulfonamides is 1. The topological polar surface area (TPSA) is 75.7 Å². The third-order valence-electron chi connectivity index (χ3n) is 4.82. The van der Waals surface area contributed by atoms with Gasteiger partial charge >= 0.3 is 0 Å². The maximum atomic E-state index is 13.1. The first-order valence-electron chi connectivity index (χ1n) is 9.65. The lowest BCUT2D eigenvalue weighted by molar-refractivity contribution is -0.123. The highest BCUT2D eigenvalue weighted by molar-refractivity contribution is 7.92. The highest BCUT2D eigenvalue weighted by Gasteiger charge is 2.31. The van der Waals surface area contributed by atoms with Gasteiger partial charge in [0.15, 0.2) is 6.61 Å². The molecule has 1 aliphatic rings. The number of anilines is 1. The van der Waals surface area contributed by atoms with E-state index in [1.54, 1.807) is 6.07 Å². The third-order valence-corrected chi connectivity index (χ3v) is 6.93. The van der Waals surface area contributed by atoms with Gasteiger partial charge in [0, 0.05) is 12.6 Å². The minimum absolute atomic E-state index is 0.0717. The average Bonchev–Trinajstić information content (AvgIpc) is 3.12. The Labute approximate surface area is 176 Å². The van der Waals surface area contributed by atoms with Crippen molar-refractivity contribution in [2.24, 2.45) is 0 Å². The van der Waals surface area contributed by atoms with Gasteiger partial charge in [0.2, 0.25) is 0 Å². The number of halogens is 1. The van der Waals surface area contributed by atoms with E-state index in [1.165, 1.54) is 22.5 Å². The molecule has 6 nitrogen and oxygen atoms in total. The fraction of sp³-hybridized carbons (Fsp3) is 0.381. The Balaban J connectivity index is 1.70. The lowest BCUT2D eigenvalue weighted by Crippen LogP contribution is -2.36. The largest absolute Gasteiger partial charge is 0.482 e. The number of hydrogen-bond donors (Lipinski definition) is 1. The lowest BCUT2D eigenvalue weighted by Gasteiger charge is -2.20. The van der Waals surface area contributed by atoms with Crippen LogP contribution in [0.1, 0.15) is 32.3 Å². The van der Waals surface area contributed by atoms with E-state index in [9.17, 15) is 13.2 Å². The van der Waals surface area contributed by atoms with E-state index in [0.717, 1.165) is 18.4 Å². The molecule has 0 fully saturated rings. The summed E-state index contributed by atoms with van der Waals surface area (Å²) in [6.45, 7) is 4.20. The summed E-state index contributed by atoms with van der Waals surface area (Å²) < 4.78 is 33.0. The van der Waals surface area contributed by atoms with Gasteiger partial charge < -0.3 is 10.1 Å². The van der Waals surface area contributed by atoms with Gasteiger partial charge in [-0.05, 0) is 49.6 Å². The van der Waals surface area contributed by atoms with Crippen molar-refractivity contribution in [3.63, 3.8) is 0 Å². The van der Waals surface area contributed by atoms with Crippen molar-refractivity contribution in [1.82, 2.24) is 5.32 Å². The van der Waals surface area contributed by atoms with Crippen molar-refractivity contribution in [3.05, 3.63) is 53.1 Å². The van der Waals surface area contributed by atoms with Crippen molar-refractivity contribution in [2.45, 2.75) is 44.0 Å². The highest BCUT2D eigenvalue weighted by atomic mass is 35.5. The highest BCUT2D eigenvalue weighted by Crippen LogP contribution is 2.35. The van der Waals surface area contributed by atoms with E-state index in [-0.39, 0.29) is 34.2 Å². The maximum absolute atomic E-state index is 13.1. The van der Waals surface area contributed by atoms with Gasteiger partial charge in [0.1, 0.15) is 5.75 Å². The number of carbonyl (C=O) groups is 1. The Morgan fingerprint density at radius 3 is 2.76 bits per heavy atom. The van der Waals surface area contributed by atoms with Crippen LogP contribution >= 0.6 is 11.6 Å². The summed E-state index contributed by atoms with van der Waals surface area (Å²) >= 11 is 6.24. The number of carbonyl (C=O) groups excluding carboxylic acids is 1. The van der Waals surface area contributed by atoms with Gasteiger partial charge in [-0.25, -0.2) is 8.42 Å². The minimum atomic E-state index is -3.73. The van der Waals surface area contributed by atoms with Gasteiger partial charge in [-0.1, -0.05) is 43.1 Å². The zero-order chi connectivity index (χ0) is 21.0. The molecule has 156 valence electrons. The molecule has 1 amide bonds. The zero-order valence-corrected chi connectivity index (χ0v) is 18.1. The monoisotopic (exact) mass is 436 g/mol. The number of rotatable bonds is 8. The number of amides is 1. The molecule has 1 N–H and O–H groups in total. The summed E-state index contributed by atoms with van der Waals surface area (Å²) in [4.78, 5) is 12.0. The lowest BCUT2D eigenvalue weighted by atomic mass is 10.2. The molecule has 0 spiro atoms. The van der Waals surface area contributed by atoms with Crippen molar-refractivity contribution in [2.75, 3.05) is 17.5 Å². The van der Waals surface area contributed by atoms with Gasteiger partial charge in [0.05, 0.1) is 15.6 Å². The van der Waals surface area contributed by atoms with E-state index in [2.05, 4.69) is 12.2 Å². The number of nitrogens with zero attached hydrogens (tertiary/aromatic N) is 1. The average molecular weight is 437 g/mol. The molecule has 0 radical (unpaired) electrons. The Bertz CT molecular complexity index is 994. The first-order valence-corrected chi connectivity index (χ1v) is 11.5. The molecule has 1 heterocycles. The summed E-state index contributed by atoms with van der Waals surface area (Å²) in [6.07, 6.45) is 2.54. The Kier molecular flexibility index (Phi) is 6.70. The van der Waals surface area contributed by atoms with Crippen LogP contribution < -0.4 is 14.4 Å². The van der Waals surface area contributed by atoms with Crippen molar-refractivity contribution >= 4 is 33.2 Å². The summed E-state index contributed by atoms with van der Waals surface area (Å²) in [5, 5.41) is 2.99. The molecule has 29 heavy (non-hydrogen) atoms. The molecule has 0 bridgehead atoms. The Hall–Kier alpha value is -2.25. The Morgan fingerprint density at radius 1 is 1.28 bits per heavy atom. The standard InChI is InChI=1S/C21H25ClN2O4S/c1-3-6-15(2)23-21(25)14-28-20-10-9-17(13-18(20)22)29(26,27)24-12-11-16-7-4-5-8-19(16)24/h4-5,7-10,13,15H,3,6,11-12,14H2,1-2H3,(H,23,25)/t15-/m1/s1. The predicted molar refractivity (Wildman–Crippen MR) is 114 cm³/mol. The molecular weight excluding hydrogens is 412 g/mol. The Morgan fingerprint density at radius 2 is 2.03 bits per heavy atom. The minimum Gasteiger partial charge on any atom is -0.482 e. The molecule has 1 aliphatic heterocycles. The number of nitrogens with one attached hydrogen (secondary N) is 1. The first-order chi connectivity index (χ1) is 13.8. The molecule has 2 aromatic rings. The van der Waals surface area contributed by atoms with Crippen LogP contribution in [0.5, 0.6) is 5.75 Å². The van der Waals surface area contributed by atoms with Crippen molar-refractivity contribution in [1.29, 1.82) is 0 Å². The fourth-order valence-electron chi connectivity index (χ4n) is 3.41. The van der Waals surface area contributed by atoms with Gasteiger partial charge in [-0.15, -0.1) is 0 Å². The molecule has 0 aromatic heterocycles. The van der Waals surface area contributed by atoms with Crippen LogP contribution in [0.3, 0.4) is 0 Å². The molecule has 8 heteroatoms. The molecule has 2 aromatic carbocycles. The normalized spacial score (nSPS) is 14.4. The van der Waals surface area contributed by atoms with Crippen LogP contribution in [-0.4, -0.2) is 33.5 Å². The number of ether oxygens (including phenoxy) is 1.